The number of hydrogen-bond acceptors (Lipinski definition) is 5. The van der Waals surface area contributed by atoms with E-state index in [0.29, 0.717) is 5.02 Å². The van der Waals surface area contributed by atoms with E-state index in [2.05, 4.69) is 9.62 Å². The highest BCUT2D eigenvalue weighted by Crippen LogP contribution is 2.21. The number of benzene rings is 1. The average Bonchev–Trinajstić information content (AvgIpc) is 2.55. The molecule has 1 heterocycles. The Bertz CT molecular complexity index is 572. The number of nitrogens with one attached hydrogen (secondary N) is 1. The molecule has 1 aliphatic rings. The molecule has 0 spiro atoms. The maximum absolute atomic E-state index is 12.0. The first-order valence-electron chi connectivity index (χ1n) is 7.29. The van der Waals surface area contributed by atoms with Gasteiger partial charge in [-0.15, -0.1) is 17.0 Å². The topological polar surface area (TPSA) is 58.6 Å². The number of ether oxygens (including phenoxy) is 1. The third-order valence-corrected chi connectivity index (χ3v) is 4.74. The smallest absolute Gasteiger partial charge is 0.302 e. The van der Waals surface area contributed by atoms with E-state index in [1.165, 1.54) is 30.1 Å². The summed E-state index contributed by atoms with van der Waals surface area (Å²) in [4.78, 5) is 26.2. The summed E-state index contributed by atoms with van der Waals surface area (Å²) in [5.74, 6) is -0.594. The van der Waals surface area contributed by atoms with E-state index >= 15 is 0 Å². The van der Waals surface area contributed by atoms with Crippen LogP contribution in [0.25, 0.3) is 0 Å². The molecule has 0 saturated carbocycles. The number of carbonyl (C=O) groups excluding carboxylic acids is 2. The van der Waals surface area contributed by atoms with E-state index in [4.69, 9.17) is 27.9 Å². The second kappa shape index (κ2) is 11.3. The first kappa shape index (κ1) is 21.7. The van der Waals surface area contributed by atoms with Gasteiger partial charge in [-0.25, -0.2) is 0 Å². The third-order valence-electron chi connectivity index (χ3n) is 3.37. The van der Waals surface area contributed by atoms with E-state index in [0.717, 1.165) is 45.0 Å². The van der Waals surface area contributed by atoms with Crippen molar-refractivity contribution >= 4 is 63.8 Å². The molecule has 9 heteroatoms. The van der Waals surface area contributed by atoms with Crippen molar-refractivity contribution in [3.05, 3.63) is 33.8 Å². The molecule has 1 aromatic rings. The van der Waals surface area contributed by atoms with Crippen molar-refractivity contribution in [2.24, 2.45) is 0 Å². The number of rotatable bonds is 7. The van der Waals surface area contributed by atoms with Crippen LogP contribution in [0, 0.1) is 0 Å². The van der Waals surface area contributed by atoms with Gasteiger partial charge in [0.2, 0.25) is 0 Å². The lowest BCUT2D eigenvalue weighted by Gasteiger charge is -2.26. The standard InChI is InChI=1S/C15H18Cl2N2O3S.BrH/c16-11-2-3-12(13(17)10-11)14(20)15(21)18-23-9-1-4-19-5-7-22-8-6-19;/h2-3,10H,1,4-9H2,(H,18,21);1H. The van der Waals surface area contributed by atoms with Gasteiger partial charge in [-0.05, 0) is 31.2 Å². The minimum Gasteiger partial charge on any atom is -0.379 e. The van der Waals surface area contributed by atoms with Crippen LogP contribution in [0.15, 0.2) is 18.2 Å². The Labute approximate surface area is 166 Å². The van der Waals surface area contributed by atoms with E-state index < -0.39 is 11.7 Å². The Morgan fingerprint density at radius 2 is 1.96 bits per heavy atom. The van der Waals surface area contributed by atoms with E-state index in [1.807, 2.05) is 0 Å². The summed E-state index contributed by atoms with van der Waals surface area (Å²) in [7, 11) is 0. The minimum atomic E-state index is -0.675. The molecule has 1 fully saturated rings. The summed E-state index contributed by atoms with van der Waals surface area (Å²) in [6.07, 6.45) is 0.931. The highest BCUT2D eigenvalue weighted by Gasteiger charge is 2.19. The molecule has 134 valence electrons. The van der Waals surface area contributed by atoms with Gasteiger partial charge in [-0.1, -0.05) is 35.1 Å². The molecule has 0 unspecified atom stereocenters. The molecule has 0 atom stereocenters. The number of hydrogen-bond donors (Lipinski definition) is 1. The summed E-state index contributed by atoms with van der Waals surface area (Å²) >= 11 is 12.9. The van der Waals surface area contributed by atoms with Crippen molar-refractivity contribution in [1.82, 2.24) is 9.62 Å². The van der Waals surface area contributed by atoms with Crippen LogP contribution in [0.4, 0.5) is 0 Å². The maximum Gasteiger partial charge on any atom is 0.302 e. The van der Waals surface area contributed by atoms with Crippen LogP contribution in [-0.2, 0) is 9.53 Å². The monoisotopic (exact) mass is 456 g/mol. The molecule has 1 saturated heterocycles. The number of halogens is 3. The number of carbonyl (C=O) groups is 2. The van der Waals surface area contributed by atoms with Gasteiger partial charge in [0.1, 0.15) is 0 Å². The fourth-order valence-corrected chi connectivity index (χ4v) is 3.24. The molecule has 2 rings (SSSR count). The molecule has 1 aliphatic heterocycles. The largest absolute Gasteiger partial charge is 0.379 e. The molecule has 0 radical (unpaired) electrons. The van der Waals surface area contributed by atoms with Gasteiger partial charge >= 0.3 is 5.91 Å². The van der Waals surface area contributed by atoms with Crippen LogP contribution >= 0.6 is 52.1 Å². The normalized spacial score (nSPS) is 14.8. The highest BCUT2D eigenvalue weighted by atomic mass is 79.9. The van der Waals surface area contributed by atoms with E-state index in [-0.39, 0.29) is 27.6 Å². The maximum atomic E-state index is 12.0. The SMILES string of the molecule is Br.O=C(NSCCCN1CCOCC1)C(=O)c1ccc(Cl)cc1Cl. The number of amides is 1. The Kier molecular flexibility index (Phi) is 10.3. The highest BCUT2D eigenvalue weighted by molar-refractivity contribution is 8.93. The van der Waals surface area contributed by atoms with Crippen molar-refractivity contribution in [2.75, 3.05) is 38.6 Å². The molecule has 1 N–H and O–H groups in total. The van der Waals surface area contributed by atoms with Crippen LogP contribution in [0.1, 0.15) is 16.8 Å². The van der Waals surface area contributed by atoms with E-state index in [1.54, 1.807) is 0 Å². The Balaban J connectivity index is 0.00000288. The van der Waals surface area contributed by atoms with Crippen molar-refractivity contribution in [2.45, 2.75) is 6.42 Å². The fraction of sp³-hybridized carbons (Fsp3) is 0.467. The van der Waals surface area contributed by atoms with Crippen LogP contribution < -0.4 is 4.72 Å². The van der Waals surface area contributed by atoms with Crippen LogP contribution in [0.3, 0.4) is 0 Å². The number of nitrogens with zero attached hydrogens (tertiary/aromatic N) is 1. The Morgan fingerprint density at radius 1 is 1.25 bits per heavy atom. The number of ketones is 1. The van der Waals surface area contributed by atoms with Crippen molar-refractivity contribution < 1.29 is 14.3 Å². The molecule has 0 aromatic heterocycles. The molecule has 1 aromatic carbocycles. The second-order valence-corrected chi connectivity index (χ2v) is 6.79. The zero-order valence-corrected chi connectivity index (χ0v) is 17.0. The van der Waals surface area contributed by atoms with Gasteiger partial charge in [0, 0.05) is 29.4 Å². The summed E-state index contributed by atoms with van der Waals surface area (Å²) in [5, 5.41) is 0.597. The lowest BCUT2D eigenvalue weighted by molar-refractivity contribution is -0.115. The molecular formula is C15H19BrCl2N2O3S. The number of Topliss-reactive ketones (excluding diaryl/α,β-unsaturated/α-hetero) is 1. The van der Waals surface area contributed by atoms with Gasteiger partial charge in [-0.2, -0.15) is 0 Å². The first-order valence-corrected chi connectivity index (χ1v) is 9.03. The predicted molar refractivity (Wildman–Crippen MR) is 104 cm³/mol. The summed E-state index contributed by atoms with van der Waals surface area (Å²) in [5.41, 5.74) is 0.155. The molecular weight excluding hydrogens is 439 g/mol. The van der Waals surface area contributed by atoms with Gasteiger partial charge in [0.25, 0.3) is 5.78 Å². The van der Waals surface area contributed by atoms with Gasteiger partial charge in [0.15, 0.2) is 0 Å². The van der Waals surface area contributed by atoms with Crippen LogP contribution in [0.2, 0.25) is 10.0 Å². The Morgan fingerprint density at radius 3 is 2.62 bits per heavy atom. The van der Waals surface area contributed by atoms with Crippen molar-refractivity contribution in [3.8, 4) is 0 Å². The zero-order chi connectivity index (χ0) is 16.7. The lowest BCUT2D eigenvalue weighted by Crippen LogP contribution is -2.37. The summed E-state index contributed by atoms with van der Waals surface area (Å²) < 4.78 is 7.84. The molecule has 24 heavy (non-hydrogen) atoms. The molecule has 1 amide bonds. The average molecular weight is 458 g/mol. The first-order chi connectivity index (χ1) is 11.1. The lowest BCUT2D eigenvalue weighted by atomic mass is 10.1. The van der Waals surface area contributed by atoms with Gasteiger partial charge in [0.05, 0.1) is 18.2 Å². The summed E-state index contributed by atoms with van der Waals surface area (Å²) in [6.45, 7) is 4.42. The minimum absolute atomic E-state index is 0. The quantitative estimate of drug-likeness (QED) is 0.295. The van der Waals surface area contributed by atoms with E-state index in [9.17, 15) is 9.59 Å². The third kappa shape index (κ3) is 6.90. The Hall–Kier alpha value is -0.310. The molecule has 0 bridgehead atoms. The second-order valence-electron chi connectivity index (χ2n) is 5.04. The fourth-order valence-electron chi connectivity index (χ4n) is 2.14. The van der Waals surface area contributed by atoms with Gasteiger partial charge < -0.3 is 4.74 Å². The molecule has 5 nitrogen and oxygen atoms in total. The predicted octanol–water partition coefficient (Wildman–Crippen LogP) is 3.24. The van der Waals surface area contributed by atoms with Crippen molar-refractivity contribution in [1.29, 1.82) is 0 Å². The van der Waals surface area contributed by atoms with Gasteiger partial charge in [-0.3, -0.25) is 19.2 Å². The summed E-state index contributed by atoms with van der Waals surface area (Å²) in [6, 6.07) is 4.43. The molecule has 0 aliphatic carbocycles. The zero-order valence-electron chi connectivity index (χ0n) is 12.9. The van der Waals surface area contributed by atoms with Crippen molar-refractivity contribution in [3.63, 3.8) is 0 Å². The number of morpholine rings is 1. The van der Waals surface area contributed by atoms with Crippen LogP contribution in [-0.4, -0.2) is 55.2 Å². The van der Waals surface area contributed by atoms with Crippen LogP contribution in [0.5, 0.6) is 0 Å².